The number of methoxy groups -OCH3 is 3. The largest absolute Gasteiger partial charge is 0.497 e. The molecule has 0 spiro atoms. The van der Waals surface area contributed by atoms with Gasteiger partial charge < -0.3 is 51.1 Å². The zero-order valence-electron chi connectivity index (χ0n) is 69.0. The molecule has 0 bridgehead atoms. The molecule has 624 valence electrons. The van der Waals surface area contributed by atoms with Gasteiger partial charge in [-0.15, -0.1) is 0 Å². The van der Waals surface area contributed by atoms with Crippen LogP contribution >= 0.6 is 34.8 Å². The summed E-state index contributed by atoms with van der Waals surface area (Å²) in [6, 6.07) is 76.8. The van der Waals surface area contributed by atoms with Gasteiger partial charge in [0.05, 0.1) is 100 Å². The maximum absolute atomic E-state index is 12.6. The number of rotatable bonds is 16. The van der Waals surface area contributed by atoms with Crippen LogP contribution in [0.25, 0.3) is 93.6 Å². The van der Waals surface area contributed by atoms with Crippen molar-refractivity contribution in [3.8, 4) is 81.9 Å². The summed E-state index contributed by atoms with van der Waals surface area (Å²) in [6.45, 7) is 15.9. The molecule has 21 nitrogen and oxygen atoms in total. The molecule has 0 saturated carbocycles. The molecule has 0 unspecified atom stereocenters. The van der Waals surface area contributed by atoms with E-state index in [9.17, 15) is 38.5 Å². The maximum Gasteiger partial charge on any atom is 0.416 e. The number of aryl methyl sites for hydroxylation is 5. The smallest absolute Gasteiger partial charge is 0.416 e. The highest BCUT2D eigenvalue weighted by molar-refractivity contribution is 6.32. The Morgan fingerprint density at radius 1 is 0.387 bits per heavy atom. The highest BCUT2D eigenvalue weighted by Crippen LogP contribution is 2.40. The molecule has 10 aromatic carbocycles. The van der Waals surface area contributed by atoms with E-state index in [1.807, 2.05) is 230 Å². The first-order valence-electron chi connectivity index (χ1n) is 39.1. The van der Waals surface area contributed by atoms with Gasteiger partial charge >= 0.3 is 18.4 Å². The van der Waals surface area contributed by atoms with Gasteiger partial charge in [-0.3, -0.25) is 10.6 Å². The number of ether oxygens (including phenoxy) is 5. The number of nitrogens with zero attached hydrogens (tertiary/aromatic N) is 12. The van der Waals surface area contributed by atoms with Crippen molar-refractivity contribution in [1.82, 2.24) is 27.4 Å². The van der Waals surface area contributed by atoms with Crippen LogP contribution in [-0.2, 0) is 55.0 Å². The number of fused-ring (bicyclic) bond motifs is 6. The van der Waals surface area contributed by atoms with Gasteiger partial charge in [0.2, 0.25) is 0 Å². The number of aromatic nitrogens is 6. The average Bonchev–Trinajstić information content (AvgIpc) is 1.61. The lowest BCUT2D eigenvalue weighted by Crippen LogP contribution is -2.13. The Morgan fingerprint density at radius 2 is 0.790 bits per heavy atom. The lowest BCUT2D eigenvalue weighted by Gasteiger charge is -2.11. The molecule has 0 aliphatic carbocycles. The van der Waals surface area contributed by atoms with Gasteiger partial charge in [-0.2, -0.15) is 44.7 Å². The molecule has 0 fully saturated rings. The first-order chi connectivity index (χ1) is 60.0. The van der Waals surface area contributed by atoms with Crippen LogP contribution in [0.2, 0.25) is 15.1 Å². The quantitative estimate of drug-likeness (QED) is 0.0911. The number of anilines is 2. The fourth-order valence-corrected chi connectivity index (χ4v) is 14.8. The van der Waals surface area contributed by atoms with E-state index in [0.717, 1.165) is 131 Å². The number of benzene rings is 10. The van der Waals surface area contributed by atoms with E-state index in [-0.39, 0.29) is 6.61 Å². The third kappa shape index (κ3) is 20.4. The second kappa shape index (κ2) is 41.3. The number of carbonyl (C=O) groups is 2. The summed E-state index contributed by atoms with van der Waals surface area (Å²) < 4.78 is 75.6. The van der Waals surface area contributed by atoms with Crippen LogP contribution in [0.3, 0.4) is 0 Å². The molecule has 6 heterocycles. The van der Waals surface area contributed by atoms with E-state index in [0.29, 0.717) is 97.0 Å². The molecule has 0 aliphatic rings. The Balaban J connectivity index is 0.000000149. The molecule has 16 aromatic rings. The number of nitrogens with one attached hydrogen (secondary N) is 2. The van der Waals surface area contributed by atoms with Gasteiger partial charge in [0.15, 0.2) is 0 Å². The van der Waals surface area contributed by atoms with Crippen molar-refractivity contribution >= 4 is 124 Å². The molecule has 124 heavy (non-hydrogen) atoms. The van der Waals surface area contributed by atoms with Crippen molar-refractivity contribution in [2.24, 2.45) is 0 Å². The first-order valence-corrected chi connectivity index (χ1v) is 40.3. The number of nitriles is 6. The maximum atomic E-state index is 12.6. The lowest BCUT2D eigenvalue weighted by molar-refractivity contribution is -0.137. The van der Waals surface area contributed by atoms with Crippen molar-refractivity contribution in [1.29, 1.82) is 31.6 Å². The standard InChI is InChI=1S/C26H23N3O3.C21H21N3O3.C16H11ClN2O.C12H9F3N2.2C11H9ClN2/c1-3-29-24-15-21(31-2)13-14-22(24)23(16-27)25(29)19-9-11-20(12-10-19)28-26(30)32-17-18-7-5-4-6-8-18;1-4-24-19-12-16(26-3)10-11-17(19)18(13-22)20(24)14-6-8-15(9-7-14)23-21(25)27-5-2;1-20-14-5-3-13(4-6-14)19-10-11(9-18)15-7-2-12(17)8-16(15)19;1-2-17-7-8(6-16)10-4-3-9(5-11(10)17)12(13,14)15;1-2-14-7-8(6-13)10-5-9(12)3-4-11(10)14;1-2-14-7-8(6-13)10-4-3-9(12)5-11(10)14/h4-15H,3,17H2,1-2H3,(H,28,30);6-12H,4-5H2,1-3H3,(H,23,25);2-8,10H,1H3;3-5,7H,2H2,1H3;2*3-5,7H,2H2,1H3. The summed E-state index contributed by atoms with van der Waals surface area (Å²) in [5.41, 5.74) is 14.9. The van der Waals surface area contributed by atoms with Crippen LogP contribution in [0.4, 0.5) is 34.1 Å². The van der Waals surface area contributed by atoms with Gasteiger partial charge in [-0.1, -0.05) is 108 Å². The Morgan fingerprint density at radius 3 is 1.23 bits per heavy atom. The molecule has 16 rings (SSSR count). The molecule has 27 heteroatoms. The summed E-state index contributed by atoms with van der Waals surface area (Å²) in [4.78, 5) is 23.7. The molecule has 6 aromatic heterocycles. The predicted octanol–water partition coefficient (Wildman–Crippen LogP) is 24.8. The molecule has 2 N–H and O–H groups in total. The fourth-order valence-electron chi connectivity index (χ4n) is 14.3. The van der Waals surface area contributed by atoms with E-state index in [1.54, 1.807) is 69.3 Å². The minimum absolute atomic E-state index is 0.205. The molecule has 2 amide bonds. The van der Waals surface area contributed by atoms with Gasteiger partial charge in [0, 0.05) is 145 Å². The second-order valence-corrected chi connectivity index (χ2v) is 28.7. The van der Waals surface area contributed by atoms with Crippen molar-refractivity contribution in [3.05, 3.63) is 297 Å². The highest BCUT2D eigenvalue weighted by atomic mass is 35.5. The van der Waals surface area contributed by atoms with Crippen molar-refractivity contribution in [2.75, 3.05) is 38.6 Å². The van der Waals surface area contributed by atoms with E-state index in [1.165, 1.54) is 6.07 Å². The summed E-state index contributed by atoms with van der Waals surface area (Å²) in [7, 11) is 4.89. The number of hydrogen-bond donors (Lipinski definition) is 2. The summed E-state index contributed by atoms with van der Waals surface area (Å²) >= 11 is 17.8. The number of hydrogen-bond acceptors (Lipinski definition) is 13. The van der Waals surface area contributed by atoms with E-state index in [2.05, 4.69) is 57.0 Å². The van der Waals surface area contributed by atoms with Crippen molar-refractivity contribution < 1.29 is 46.4 Å². The normalized spacial score (nSPS) is 10.6. The SMILES string of the molecule is CCOC(=O)Nc1ccc(-c2c(C#N)c3ccc(OC)cc3n2CC)cc1.CCn1c(-c2ccc(NC(=O)OCc3ccccc3)cc2)c(C#N)c2ccc(OC)cc21.CCn1cc(C#N)c2cc(Cl)ccc21.CCn1cc(C#N)c2ccc(C(F)(F)F)cc21.CCn1cc(C#N)c2ccc(Cl)cc21.COc1ccc(-n2cc(C#N)c3ccc(Cl)cc32)cc1. The lowest BCUT2D eigenvalue weighted by atomic mass is 10.1. The van der Waals surface area contributed by atoms with Crippen LogP contribution in [0.1, 0.15) is 86.1 Å². The van der Waals surface area contributed by atoms with Crippen LogP contribution < -0.4 is 24.8 Å². The predicted molar refractivity (Wildman–Crippen MR) is 481 cm³/mol. The van der Waals surface area contributed by atoms with Gasteiger partial charge in [0.1, 0.15) is 60.3 Å². The summed E-state index contributed by atoms with van der Waals surface area (Å²) in [6.07, 6.45) is 1.76. The zero-order valence-corrected chi connectivity index (χ0v) is 71.2. The second-order valence-electron chi connectivity index (χ2n) is 27.4. The average molecular weight is 1720 g/mol. The monoisotopic (exact) mass is 1720 g/mol. The number of carbonyl (C=O) groups excluding carboxylic acids is 2. The Hall–Kier alpha value is -15.0. The number of alkyl halides is 3. The van der Waals surface area contributed by atoms with Gasteiger partial charge in [-0.05, 0) is 186 Å². The van der Waals surface area contributed by atoms with Crippen LogP contribution in [0.5, 0.6) is 17.2 Å². The molecule has 0 aliphatic heterocycles. The minimum Gasteiger partial charge on any atom is -0.497 e. The molecule has 0 radical (unpaired) electrons. The Labute approximate surface area is 728 Å². The number of halogens is 6. The van der Waals surface area contributed by atoms with Crippen molar-refractivity contribution in [2.45, 2.75) is 87.0 Å². The molecular weight excluding hydrogens is 1640 g/mol. The molecular formula is C97H82Cl3F3N14O7. The van der Waals surface area contributed by atoms with E-state index < -0.39 is 23.9 Å². The fraction of sp³-hybridized carbons (Fsp3) is 0.175. The first kappa shape index (κ1) is 89.8. The van der Waals surface area contributed by atoms with Gasteiger partial charge in [-0.25, -0.2) is 9.59 Å². The number of amides is 2. The Kier molecular flexibility index (Phi) is 29.9. The minimum atomic E-state index is -4.36. The zero-order chi connectivity index (χ0) is 88.9. The highest BCUT2D eigenvalue weighted by Gasteiger charge is 2.31. The Bertz CT molecular complexity index is 6840. The summed E-state index contributed by atoms with van der Waals surface area (Å²) in [5.74, 6) is 2.29. The van der Waals surface area contributed by atoms with Crippen LogP contribution in [0, 0.1) is 68.0 Å². The third-order valence-electron chi connectivity index (χ3n) is 20.2. The topological polar surface area (TPSA) is 277 Å². The van der Waals surface area contributed by atoms with E-state index >= 15 is 0 Å². The van der Waals surface area contributed by atoms with Crippen LogP contribution in [-0.4, -0.2) is 67.5 Å². The van der Waals surface area contributed by atoms with E-state index in [4.69, 9.17) is 74.3 Å². The molecule has 0 saturated heterocycles. The van der Waals surface area contributed by atoms with Gasteiger partial charge in [0.25, 0.3) is 0 Å². The third-order valence-corrected chi connectivity index (χ3v) is 20.9. The summed E-state index contributed by atoms with van der Waals surface area (Å²) in [5, 5.41) is 68.2. The van der Waals surface area contributed by atoms with Crippen molar-refractivity contribution in [3.63, 3.8) is 0 Å². The van der Waals surface area contributed by atoms with Crippen LogP contribution in [0.15, 0.2) is 237 Å². The molecule has 0 atom stereocenters.